The van der Waals surface area contributed by atoms with Gasteiger partial charge in [-0.05, 0) is 124 Å². The Morgan fingerprint density at radius 2 is 1.50 bits per heavy atom. The molecule has 4 rings (SSSR count). The molecule has 0 radical (unpaired) electrons. The summed E-state index contributed by atoms with van der Waals surface area (Å²) in [5.41, 5.74) is 0. The normalized spacial score (nSPS) is 34.0. The summed E-state index contributed by atoms with van der Waals surface area (Å²) in [6.45, 7) is 3.89. The van der Waals surface area contributed by atoms with E-state index in [1.165, 1.54) is 64.2 Å². The van der Waals surface area contributed by atoms with Crippen LogP contribution in [0.1, 0.15) is 77.0 Å². The molecule has 0 bridgehead atoms. The Kier molecular flexibility index (Phi) is 7.57. The maximum atomic E-state index is 12.6. The minimum absolute atomic E-state index is 0.0580. The van der Waals surface area contributed by atoms with Crippen LogP contribution in [0.3, 0.4) is 0 Å². The van der Waals surface area contributed by atoms with E-state index in [4.69, 9.17) is 16.3 Å². The fraction of sp³-hybridized carbons (Fsp3) is 0.667. The van der Waals surface area contributed by atoms with Crippen molar-refractivity contribution in [3.05, 3.63) is 41.9 Å². The molecule has 2 nitrogen and oxygen atoms in total. The highest BCUT2D eigenvalue weighted by atomic mass is 35.5. The molecule has 0 spiro atoms. The van der Waals surface area contributed by atoms with E-state index >= 15 is 0 Å². The molecule has 0 heterocycles. The first-order chi connectivity index (χ1) is 14.6. The third kappa shape index (κ3) is 5.49. The third-order valence-electron chi connectivity index (χ3n) is 8.35. The fourth-order valence-electron chi connectivity index (χ4n) is 6.59. The maximum absolute atomic E-state index is 12.6. The summed E-state index contributed by atoms with van der Waals surface area (Å²) in [5.74, 6) is 5.22. The Labute approximate surface area is 187 Å². The van der Waals surface area contributed by atoms with Crippen molar-refractivity contribution in [2.24, 2.45) is 35.5 Å². The Morgan fingerprint density at radius 3 is 2.20 bits per heavy atom. The van der Waals surface area contributed by atoms with Gasteiger partial charge in [-0.15, -0.1) is 6.58 Å². The quantitative estimate of drug-likeness (QED) is 0.262. The van der Waals surface area contributed by atoms with Gasteiger partial charge < -0.3 is 4.74 Å². The molecular formula is C27H37ClO2. The number of fused-ring (bicyclic) bond motifs is 1. The van der Waals surface area contributed by atoms with Crippen LogP contribution in [0.5, 0.6) is 5.75 Å². The topological polar surface area (TPSA) is 26.3 Å². The molecule has 3 aliphatic rings. The third-order valence-corrected chi connectivity index (χ3v) is 8.60. The molecule has 0 saturated heterocycles. The SMILES string of the molecule is C=CCCC1CCC2CC(C3CCC(C(=O)Oc4ccc(Cl)cc4)CC3)CCC2C1. The molecule has 3 saturated carbocycles. The molecule has 3 fully saturated rings. The van der Waals surface area contributed by atoms with Gasteiger partial charge in [0, 0.05) is 5.02 Å². The number of ether oxygens (including phenoxy) is 1. The first-order valence-corrected chi connectivity index (χ1v) is 12.6. The Morgan fingerprint density at radius 1 is 0.900 bits per heavy atom. The van der Waals surface area contributed by atoms with Crippen molar-refractivity contribution in [3.8, 4) is 5.75 Å². The molecule has 0 aliphatic heterocycles. The van der Waals surface area contributed by atoms with E-state index in [1.54, 1.807) is 24.3 Å². The van der Waals surface area contributed by atoms with Gasteiger partial charge in [-0.3, -0.25) is 4.79 Å². The minimum atomic E-state index is -0.0580. The highest BCUT2D eigenvalue weighted by Crippen LogP contribution is 2.49. The van der Waals surface area contributed by atoms with Gasteiger partial charge in [0.25, 0.3) is 0 Å². The zero-order chi connectivity index (χ0) is 20.9. The van der Waals surface area contributed by atoms with Crippen LogP contribution in [0.4, 0.5) is 0 Å². The molecule has 0 amide bonds. The van der Waals surface area contributed by atoms with Crippen LogP contribution < -0.4 is 4.74 Å². The minimum Gasteiger partial charge on any atom is -0.426 e. The molecule has 3 aliphatic carbocycles. The number of halogens is 1. The number of rotatable bonds is 6. The van der Waals surface area contributed by atoms with Gasteiger partial charge in [0.05, 0.1) is 5.92 Å². The van der Waals surface area contributed by atoms with E-state index in [0.29, 0.717) is 10.8 Å². The van der Waals surface area contributed by atoms with Gasteiger partial charge in [-0.2, -0.15) is 0 Å². The summed E-state index contributed by atoms with van der Waals surface area (Å²) in [6.07, 6.45) is 17.7. The molecule has 0 aromatic heterocycles. The lowest BCUT2D eigenvalue weighted by Gasteiger charge is -2.45. The number of hydrogen-bond donors (Lipinski definition) is 0. The lowest BCUT2D eigenvalue weighted by molar-refractivity contribution is -0.140. The lowest BCUT2D eigenvalue weighted by atomic mass is 9.60. The molecular weight excluding hydrogens is 392 g/mol. The van der Waals surface area contributed by atoms with Gasteiger partial charge in [0.2, 0.25) is 0 Å². The van der Waals surface area contributed by atoms with Crippen LogP contribution in [0, 0.1) is 35.5 Å². The zero-order valence-electron chi connectivity index (χ0n) is 18.2. The number of hydrogen-bond acceptors (Lipinski definition) is 2. The summed E-state index contributed by atoms with van der Waals surface area (Å²) in [5, 5.41) is 0.662. The highest BCUT2D eigenvalue weighted by Gasteiger charge is 2.39. The number of benzene rings is 1. The predicted octanol–water partition coefficient (Wildman–Crippen LogP) is 7.85. The van der Waals surface area contributed by atoms with Crippen molar-refractivity contribution in [1.29, 1.82) is 0 Å². The van der Waals surface area contributed by atoms with Gasteiger partial charge in [0.1, 0.15) is 5.75 Å². The maximum Gasteiger partial charge on any atom is 0.314 e. The van der Waals surface area contributed by atoms with E-state index in [2.05, 4.69) is 12.7 Å². The summed E-state index contributed by atoms with van der Waals surface area (Å²) in [4.78, 5) is 12.6. The van der Waals surface area contributed by atoms with Crippen LogP contribution in [0.2, 0.25) is 5.02 Å². The van der Waals surface area contributed by atoms with Crippen LogP contribution in [-0.4, -0.2) is 5.97 Å². The average Bonchev–Trinajstić information content (AvgIpc) is 2.79. The van der Waals surface area contributed by atoms with Gasteiger partial charge in [0.15, 0.2) is 0 Å². The monoisotopic (exact) mass is 428 g/mol. The van der Waals surface area contributed by atoms with Crippen molar-refractivity contribution in [2.45, 2.75) is 77.0 Å². The summed E-state index contributed by atoms with van der Waals surface area (Å²) in [7, 11) is 0. The van der Waals surface area contributed by atoms with E-state index in [0.717, 1.165) is 42.4 Å². The Hall–Kier alpha value is -1.28. The predicted molar refractivity (Wildman–Crippen MR) is 124 cm³/mol. The lowest BCUT2D eigenvalue weighted by Crippen LogP contribution is -2.35. The molecule has 0 N–H and O–H groups in total. The van der Waals surface area contributed by atoms with Gasteiger partial charge >= 0.3 is 5.97 Å². The molecule has 1 aromatic rings. The van der Waals surface area contributed by atoms with Crippen molar-refractivity contribution in [1.82, 2.24) is 0 Å². The van der Waals surface area contributed by atoms with Crippen molar-refractivity contribution >= 4 is 17.6 Å². The molecule has 4 unspecified atom stereocenters. The van der Waals surface area contributed by atoms with Crippen molar-refractivity contribution < 1.29 is 9.53 Å². The van der Waals surface area contributed by atoms with Crippen molar-refractivity contribution in [3.63, 3.8) is 0 Å². The standard InChI is InChI=1S/C27H37ClO2/c1-2-3-4-19-5-6-24-18-23(12-11-22(24)17-19)20-7-9-21(10-8-20)27(29)30-26-15-13-25(28)14-16-26/h2,13-16,19-24H,1,3-12,17-18H2. The Balaban J connectivity index is 1.22. The second-order valence-electron chi connectivity index (χ2n) is 10.1. The number of carbonyl (C=O) groups excluding carboxylic acids is 1. The van der Waals surface area contributed by atoms with Gasteiger partial charge in [-0.1, -0.05) is 24.1 Å². The summed E-state index contributed by atoms with van der Waals surface area (Å²) < 4.78 is 5.59. The van der Waals surface area contributed by atoms with E-state index in [-0.39, 0.29) is 11.9 Å². The highest BCUT2D eigenvalue weighted by molar-refractivity contribution is 6.30. The largest absolute Gasteiger partial charge is 0.426 e. The number of carbonyl (C=O) groups is 1. The second-order valence-corrected chi connectivity index (χ2v) is 10.6. The number of allylic oxidation sites excluding steroid dienone is 1. The number of esters is 1. The first kappa shape index (κ1) is 21.9. The molecule has 4 atom stereocenters. The van der Waals surface area contributed by atoms with Crippen LogP contribution in [-0.2, 0) is 4.79 Å². The summed E-state index contributed by atoms with van der Waals surface area (Å²) >= 11 is 5.91. The van der Waals surface area contributed by atoms with Crippen LogP contribution in [0.25, 0.3) is 0 Å². The zero-order valence-corrected chi connectivity index (χ0v) is 19.0. The fourth-order valence-corrected chi connectivity index (χ4v) is 6.72. The van der Waals surface area contributed by atoms with E-state index < -0.39 is 0 Å². The molecule has 1 aromatic carbocycles. The Bertz CT molecular complexity index is 704. The van der Waals surface area contributed by atoms with Crippen LogP contribution >= 0.6 is 11.6 Å². The first-order valence-electron chi connectivity index (χ1n) is 12.2. The second kappa shape index (κ2) is 10.4. The smallest absolute Gasteiger partial charge is 0.314 e. The van der Waals surface area contributed by atoms with Crippen LogP contribution in [0.15, 0.2) is 36.9 Å². The molecule has 3 heteroatoms. The average molecular weight is 429 g/mol. The van der Waals surface area contributed by atoms with Crippen molar-refractivity contribution in [2.75, 3.05) is 0 Å². The molecule has 30 heavy (non-hydrogen) atoms. The van der Waals surface area contributed by atoms with E-state index in [9.17, 15) is 4.79 Å². The van der Waals surface area contributed by atoms with Gasteiger partial charge in [-0.25, -0.2) is 0 Å². The van der Waals surface area contributed by atoms with E-state index in [1.807, 2.05) is 0 Å². The summed E-state index contributed by atoms with van der Waals surface area (Å²) in [6, 6.07) is 7.08. The molecule has 164 valence electrons.